The summed E-state index contributed by atoms with van der Waals surface area (Å²) in [5.41, 5.74) is -2.08. The first kappa shape index (κ1) is 29.7. The second-order valence-electron chi connectivity index (χ2n) is 5.65. The maximum absolute atomic E-state index is 12.0. The molecule has 2 rings (SSSR count). The van der Waals surface area contributed by atoms with Crippen molar-refractivity contribution < 1.29 is 53.0 Å². The molecule has 0 bridgehead atoms. The fraction of sp³-hybridized carbons (Fsp3) is 0.222. The van der Waals surface area contributed by atoms with E-state index in [1.165, 1.54) is 49.1 Å². The van der Waals surface area contributed by atoms with Crippen LogP contribution in [0.15, 0.2) is 69.5 Å². The first-order chi connectivity index (χ1) is 14.8. The zero-order valence-corrected chi connectivity index (χ0v) is 17.7. The standard InChI is InChI=1S/2C9H8F3N3O.Ni/c2*1-6(9(10,11)12)14-15-8(16)7-2-4-13-5-3-7;/h2*2-5H,1H3,(H,15,16);/q;;+2/p-2. The van der Waals surface area contributed by atoms with Gasteiger partial charge in [-0.3, -0.25) is 9.97 Å². The summed E-state index contributed by atoms with van der Waals surface area (Å²) in [5.74, 6) is -1.68. The van der Waals surface area contributed by atoms with Crippen LogP contribution in [0.3, 0.4) is 0 Å². The largest absolute Gasteiger partial charge is 2.00 e. The van der Waals surface area contributed by atoms with Crippen molar-refractivity contribution in [2.45, 2.75) is 26.2 Å². The molecule has 0 saturated heterocycles. The van der Waals surface area contributed by atoms with E-state index in [4.69, 9.17) is 0 Å². The van der Waals surface area contributed by atoms with Gasteiger partial charge < -0.3 is 10.2 Å². The molecule has 0 N–H and O–H groups in total. The number of halogens is 6. The zero-order chi connectivity index (χ0) is 24.4. The Balaban J connectivity index is 0.000000602. The Kier molecular flexibility index (Phi) is 11.9. The molecular formula is C18H14F6N6NiO2. The van der Waals surface area contributed by atoms with Gasteiger partial charge in [0.25, 0.3) is 0 Å². The molecule has 33 heavy (non-hydrogen) atoms. The van der Waals surface area contributed by atoms with Gasteiger partial charge >= 0.3 is 28.8 Å². The normalized spacial score (nSPS) is 13.6. The van der Waals surface area contributed by atoms with Gasteiger partial charge in [-0.15, -0.1) is 0 Å². The van der Waals surface area contributed by atoms with Crippen LogP contribution in [0.5, 0.6) is 0 Å². The third-order valence-corrected chi connectivity index (χ3v) is 3.26. The maximum Gasteiger partial charge on any atom is 2.00 e. The van der Waals surface area contributed by atoms with Crippen molar-refractivity contribution in [3.05, 3.63) is 60.2 Å². The minimum Gasteiger partial charge on any atom is -0.857 e. The van der Waals surface area contributed by atoms with Crippen LogP contribution >= 0.6 is 0 Å². The molecule has 180 valence electrons. The third kappa shape index (κ3) is 11.2. The Morgan fingerprint density at radius 3 is 1.15 bits per heavy atom. The van der Waals surface area contributed by atoms with Crippen molar-refractivity contribution in [3.8, 4) is 0 Å². The Labute approximate surface area is 193 Å². The average Bonchev–Trinajstić information content (AvgIpc) is 2.75. The topological polar surface area (TPSA) is 121 Å². The van der Waals surface area contributed by atoms with E-state index >= 15 is 0 Å². The monoisotopic (exact) mass is 518 g/mol. The van der Waals surface area contributed by atoms with Gasteiger partial charge in [-0.25, -0.2) is 0 Å². The molecule has 0 atom stereocenters. The Morgan fingerprint density at radius 1 is 0.636 bits per heavy atom. The molecular weight excluding hydrogens is 505 g/mol. The molecule has 0 unspecified atom stereocenters. The minimum atomic E-state index is -4.57. The van der Waals surface area contributed by atoms with Gasteiger partial charge in [-0.05, 0) is 49.2 Å². The average molecular weight is 519 g/mol. The molecule has 8 nitrogen and oxygen atoms in total. The summed E-state index contributed by atoms with van der Waals surface area (Å²) < 4.78 is 71.9. The van der Waals surface area contributed by atoms with Crippen molar-refractivity contribution in [2.75, 3.05) is 0 Å². The fourth-order valence-electron chi connectivity index (χ4n) is 1.46. The molecule has 2 aromatic rings. The first-order valence-electron chi connectivity index (χ1n) is 8.36. The van der Waals surface area contributed by atoms with Gasteiger partial charge in [0.15, 0.2) is 0 Å². The van der Waals surface area contributed by atoms with Crippen LogP contribution in [0.2, 0.25) is 0 Å². The van der Waals surface area contributed by atoms with Crippen LogP contribution in [-0.4, -0.2) is 45.5 Å². The molecule has 2 aromatic heterocycles. The van der Waals surface area contributed by atoms with Crippen LogP contribution in [0.1, 0.15) is 25.0 Å². The van der Waals surface area contributed by atoms with E-state index in [9.17, 15) is 36.6 Å². The number of rotatable bonds is 4. The molecule has 0 radical (unpaired) electrons. The van der Waals surface area contributed by atoms with Crippen LogP contribution in [0.25, 0.3) is 0 Å². The van der Waals surface area contributed by atoms with E-state index < -0.39 is 35.6 Å². The first-order valence-corrected chi connectivity index (χ1v) is 8.36. The Bertz CT molecular complexity index is 911. The van der Waals surface area contributed by atoms with Gasteiger partial charge in [0.05, 0.1) is 0 Å². The van der Waals surface area contributed by atoms with Gasteiger partial charge in [0, 0.05) is 36.6 Å². The molecule has 0 aliphatic rings. The molecule has 0 saturated carbocycles. The van der Waals surface area contributed by atoms with E-state index in [0.717, 1.165) is 13.8 Å². The molecule has 2 heterocycles. The summed E-state index contributed by atoms with van der Waals surface area (Å²) >= 11 is 0. The van der Waals surface area contributed by atoms with Crippen LogP contribution < -0.4 is 10.2 Å². The number of alkyl halides is 6. The van der Waals surface area contributed by atoms with E-state index in [1.54, 1.807) is 0 Å². The van der Waals surface area contributed by atoms with Gasteiger partial charge in [0.2, 0.25) is 0 Å². The predicted octanol–water partition coefficient (Wildman–Crippen LogP) is 2.25. The minimum absolute atomic E-state index is 0. The van der Waals surface area contributed by atoms with Gasteiger partial charge in [-0.1, -0.05) is 0 Å². The summed E-state index contributed by atoms with van der Waals surface area (Å²) in [6, 6.07) is 5.35. The number of pyridine rings is 2. The predicted molar refractivity (Wildman–Crippen MR) is 99.9 cm³/mol. The van der Waals surface area contributed by atoms with Crippen LogP contribution in [0.4, 0.5) is 26.3 Å². The second kappa shape index (κ2) is 13.3. The van der Waals surface area contributed by atoms with Gasteiger partial charge in [0.1, 0.15) is 11.4 Å². The van der Waals surface area contributed by atoms with Crippen molar-refractivity contribution >= 4 is 23.2 Å². The zero-order valence-electron chi connectivity index (χ0n) is 16.7. The molecule has 0 aliphatic heterocycles. The van der Waals surface area contributed by atoms with Crippen molar-refractivity contribution in [1.29, 1.82) is 0 Å². The SMILES string of the molecule is CC(=NN=C([O-])c1ccncc1)C(F)(F)F.CC(=NN=C([O-])c1ccncc1)C(F)(F)F.[Ni+2]. The number of nitrogens with zero attached hydrogens (tertiary/aromatic N) is 6. The van der Waals surface area contributed by atoms with Crippen molar-refractivity contribution in [1.82, 2.24) is 9.97 Å². The molecule has 0 spiro atoms. The van der Waals surface area contributed by atoms with Crippen LogP contribution in [0, 0.1) is 0 Å². The van der Waals surface area contributed by atoms with E-state index in [-0.39, 0.29) is 27.6 Å². The summed E-state index contributed by atoms with van der Waals surface area (Å²) in [6.07, 6.45) is -3.79. The van der Waals surface area contributed by atoms with E-state index in [0.29, 0.717) is 0 Å². The van der Waals surface area contributed by atoms with E-state index in [2.05, 4.69) is 30.4 Å². The summed E-state index contributed by atoms with van der Waals surface area (Å²) in [7, 11) is 0. The maximum atomic E-state index is 12.0. The Hall–Kier alpha value is -3.35. The summed E-state index contributed by atoms with van der Waals surface area (Å²) in [5, 5.41) is 34.0. The number of aromatic nitrogens is 2. The smallest absolute Gasteiger partial charge is 0.857 e. The van der Waals surface area contributed by atoms with Crippen LogP contribution in [-0.2, 0) is 16.5 Å². The molecule has 0 fully saturated rings. The van der Waals surface area contributed by atoms with Gasteiger partial charge in [-0.2, -0.15) is 46.7 Å². The number of hydrogen-bond donors (Lipinski definition) is 0. The fourth-order valence-corrected chi connectivity index (χ4v) is 1.46. The molecule has 0 aromatic carbocycles. The third-order valence-electron chi connectivity index (χ3n) is 3.26. The molecule has 15 heteroatoms. The summed E-state index contributed by atoms with van der Waals surface area (Å²) in [4.78, 5) is 7.31. The molecule has 0 amide bonds. The Morgan fingerprint density at radius 2 is 0.909 bits per heavy atom. The second-order valence-corrected chi connectivity index (χ2v) is 5.65. The van der Waals surface area contributed by atoms with Crippen molar-refractivity contribution in [3.63, 3.8) is 0 Å². The summed E-state index contributed by atoms with van der Waals surface area (Å²) in [6.45, 7) is 1.48. The molecule has 0 aliphatic carbocycles. The van der Waals surface area contributed by atoms with Crippen molar-refractivity contribution in [2.24, 2.45) is 20.4 Å². The quantitative estimate of drug-likeness (QED) is 0.202. The number of hydrogen-bond acceptors (Lipinski definition) is 8. The van der Waals surface area contributed by atoms with E-state index in [1.807, 2.05) is 0 Å².